The van der Waals surface area contributed by atoms with Crippen LogP contribution in [0.1, 0.15) is 34.8 Å². The van der Waals surface area contributed by atoms with Crippen molar-refractivity contribution in [3.05, 3.63) is 69.4 Å². The van der Waals surface area contributed by atoms with Crippen molar-refractivity contribution in [3.8, 4) is 0 Å². The van der Waals surface area contributed by atoms with E-state index in [0.717, 1.165) is 16.5 Å². The number of rotatable bonds is 7. The summed E-state index contributed by atoms with van der Waals surface area (Å²) in [6.07, 6.45) is 0.908. The summed E-state index contributed by atoms with van der Waals surface area (Å²) in [6.45, 7) is 3.68. The summed E-state index contributed by atoms with van der Waals surface area (Å²) < 4.78 is 14.5. The van der Waals surface area contributed by atoms with Gasteiger partial charge in [0.15, 0.2) is 0 Å². The molecule has 0 radical (unpaired) electrons. The second-order valence-corrected chi connectivity index (χ2v) is 6.21. The van der Waals surface area contributed by atoms with E-state index in [0.29, 0.717) is 30.8 Å². The van der Waals surface area contributed by atoms with Crippen LogP contribution in [0.4, 0.5) is 4.39 Å². The average Bonchev–Trinajstić information content (AvgIpc) is 2.56. The Morgan fingerprint density at radius 3 is 2.78 bits per heavy atom. The summed E-state index contributed by atoms with van der Waals surface area (Å²) in [5.74, 6) is -0.292. The van der Waals surface area contributed by atoms with Crippen molar-refractivity contribution >= 4 is 21.8 Å². The quantitative estimate of drug-likeness (QED) is 0.763. The summed E-state index contributed by atoms with van der Waals surface area (Å²) >= 11 is 3.34. The first kappa shape index (κ1) is 17.6. The second kappa shape index (κ2) is 8.79. The molecule has 0 saturated carbocycles. The molecule has 0 aliphatic heterocycles. The summed E-state index contributed by atoms with van der Waals surface area (Å²) in [7, 11) is 0. The van der Waals surface area contributed by atoms with Crippen LogP contribution in [-0.4, -0.2) is 12.5 Å². The van der Waals surface area contributed by atoms with Crippen LogP contribution < -0.4 is 10.6 Å². The highest BCUT2D eigenvalue weighted by atomic mass is 79.9. The van der Waals surface area contributed by atoms with Crippen LogP contribution in [0.2, 0.25) is 0 Å². The minimum absolute atomic E-state index is 0.0632. The lowest BCUT2D eigenvalue weighted by atomic mass is 10.1. The number of halogens is 2. The average molecular weight is 379 g/mol. The molecule has 0 fully saturated rings. The highest BCUT2D eigenvalue weighted by Gasteiger charge is 2.06. The van der Waals surface area contributed by atoms with Gasteiger partial charge < -0.3 is 10.6 Å². The van der Waals surface area contributed by atoms with Crippen molar-refractivity contribution < 1.29 is 9.18 Å². The Labute approximate surface area is 144 Å². The standard InChI is InChI=1S/C18H20BrFN2O/c1-2-8-22-18(23)14-5-3-4-13(9-14)11-21-12-15-10-16(19)6-7-17(15)20/h3-7,9-10,21H,2,8,11-12H2,1H3,(H,22,23). The van der Waals surface area contributed by atoms with E-state index in [1.807, 2.05) is 25.1 Å². The molecular weight excluding hydrogens is 359 g/mol. The topological polar surface area (TPSA) is 41.1 Å². The molecule has 0 atom stereocenters. The molecule has 3 nitrogen and oxygen atoms in total. The van der Waals surface area contributed by atoms with E-state index < -0.39 is 0 Å². The Morgan fingerprint density at radius 1 is 1.17 bits per heavy atom. The van der Waals surface area contributed by atoms with Gasteiger partial charge in [0.1, 0.15) is 5.82 Å². The molecule has 0 spiro atoms. The molecule has 0 unspecified atom stereocenters. The third-order valence-electron chi connectivity index (χ3n) is 3.38. The van der Waals surface area contributed by atoms with Crippen molar-refractivity contribution in [1.29, 1.82) is 0 Å². The summed E-state index contributed by atoms with van der Waals surface area (Å²) in [4.78, 5) is 11.9. The van der Waals surface area contributed by atoms with Crippen molar-refractivity contribution in [2.75, 3.05) is 6.54 Å². The molecule has 2 aromatic carbocycles. The molecule has 23 heavy (non-hydrogen) atoms. The minimum Gasteiger partial charge on any atom is -0.352 e. The van der Waals surface area contributed by atoms with E-state index in [2.05, 4.69) is 26.6 Å². The first-order chi connectivity index (χ1) is 11.1. The monoisotopic (exact) mass is 378 g/mol. The van der Waals surface area contributed by atoms with Gasteiger partial charge in [-0.1, -0.05) is 35.0 Å². The van der Waals surface area contributed by atoms with Crippen LogP contribution in [0.25, 0.3) is 0 Å². The maximum Gasteiger partial charge on any atom is 0.251 e. The number of hydrogen-bond acceptors (Lipinski definition) is 2. The van der Waals surface area contributed by atoms with E-state index in [4.69, 9.17) is 0 Å². The van der Waals surface area contributed by atoms with Crippen LogP contribution in [0.3, 0.4) is 0 Å². The highest BCUT2D eigenvalue weighted by Crippen LogP contribution is 2.15. The molecule has 0 aliphatic carbocycles. The lowest BCUT2D eigenvalue weighted by molar-refractivity contribution is 0.0953. The van der Waals surface area contributed by atoms with Crippen LogP contribution >= 0.6 is 15.9 Å². The third-order valence-corrected chi connectivity index (χ3v) is 3.87. The first-order valence-corrected chi connectivity index (χ1v) is 8.41. The SMILES string of the molecule is CCCNC(=O)c1cccc(CNCc2cc(Br)ccc2F)c1. The molecule has 0 bridgehead atoms. The fourth-order valence-corrected chi connectivity index (χ4v) is 2.59. The van der Waals surface area contributed by atoms with Gasteiger partial charge in [-0.3, -0.25) is 4.79 Å². The van der Waals surface area contributed by atoms with Crippen LogP contribution in [0.15, 0.2) is 46.9 Å². The Bertz CT molecular complexity index is 676. The third kappa shape index (κ3) is 5.44. The molecule has 0 aliphatic rings. The van der Waals surface area contributed by atoms with Gasteiger partial charge in [-0.15, -0.1) is 0 Å². The molecule has 0 saturated heterocycles. The van der Waals surface area contributed by atoms with Crippen molar-refractivity contribution in [3.63, 3.8) is 0 Å². The van der Waals surface area contributed by atoms with E-state index >= 15 is 0 Å². The Balaban J connectivity index is 1.93. The van der Waals surface area contributed by atoms with E-state index in [1.54, 1.807) is 18.2 Å². The summed E-state index contributed by atoms with van der Waals surface area (Å²) in [5, 5.41) is 6.06. The van der Waals surface area contributed by atoms with E-state index in [1.165, 1.54) is 6.07 Å². The maximum absolute atomic E-state index is 13.7. The minimum atomic E-state index is -0.228. The van der Waals surface area contributed by atoms with Gasteiger partial charge in [0.05, 0.1) is 0 Å². The Hall–Kier alpha value is -1.72. The molecule has 1 amide bonds. The lowest BCUT2D eigenvalue weighted by Gasteiger charge is -2.09. The molecule has 2 N–H and O–H groups in total. The number of carbonyl (C=O) groups excluding carboxylic acids is 1. The van der Waals surface area contributed by atoms with Gasteiger partial charge in [0, 0.05) is 35.2 Å². The maximum atomic E-state index is 13.7. The van der Waals surface area contributed by atoms with Crippen molar-refractivity contribution in [2.24, 2.45) is 0 Å². The first-order valence-electron chi connectivity index (χ1n) is 7.62. The van der Waals surface area contributed by atoms with E-state index in [9.17, 15) is 9.18 Å². The predicted molar refractivity (Wildman–Crippen MR) is 93.7 cm³/mol. The predicted octanol–water partition coefficient (Wildman–Crippen LogP) is 4.02. The lowest BCUT2D eigenvalue weighted by Crippen LogP contribution is -2.24. The van der Waals surface area contributed by atoms with Crippen LogP contribution in [0, 0.1) is 5.82 Å². The highest BCUT2D eigenvalue weighted by molar-refractivity contribution is 9.10. The van der Waals surface area contributed by atoms with Crippen molar-refractivity contribution in [1.82, 2.24) is 10.6 Å². The van der Waals surface area contributed by atoms with Gasteiger partial charge in [-0.25, -0.2) is 4.39 Å². The molecule has 0 heterocycles. The summed E-state index contributed by atoms with van der Waals surface area (Å²) in [6, 6.07) is 12.3. The molecule has 122 valence electrons. The van der Waals surface area contributed by atoms with Gasteiger partial charge in [-0.2, -0.15) is 0 Å². The molecule has 5 heteroatoms. The number of nitrogens with one attached hydrogen (secondary N) is 2. The number of hydrogen-bond donors (Lipinski definition) is 2. The van der Waals surface area contributed by atoms with E-state index in [-0.39, 0.29) is 11.7 Å². The molecular formula is C18H20BrFN2O. The number of benzene rings is 2. The fraction of sp³-hybridized carbons (Fsp3) is 0.278. The van der Waals surface area contributed by atoms with Gasteiger partial charge in [-0.05, 0) is 42.3 Å². The normalized spacial score (nSPS) is 10.6. The second-order valence-electron chi connectivity index (χ2n) is 5.30. The molecule has 2 aromatic rings. The zero-order chi connectivity index (χ0) is 16.7. The summed E-state index contributed by atoms with van der Waals surface area (Å²) in [5.41, 5.74) is 2.24. The molecule has 2 rings (SSSR count). The van der Waals surface area contributed by atoms with Crippen molar-refractivity contribution in [2.45, 2.75) is 26.4 Å². The van der Waals surface area contributed by atoms with Gasteiger partial charge in [0.25, 0.3) is 5.91 Å². The van der Waals surface area contributed by atoms with Gasteiger partial charge >= 0.3 is 0 Å². The molecule has 0 aromatic heterocycles. The van der Waals surface area contributed by atoms with Crippen LogP contribution in [-0.2, 0) is 13.1 Å². The van der Waals surface area contributed by atoms with Crippen LogP contribution in [0.5, 0.6) is 0 Å². The van der Waals surface area contributed by atoms with Gasteiger partial charge in [0.2, 0.25) is 0 Å². The Kier molecular flexibility index (Phi) is 6.74. The Morgan fingerprint density at radius 2 is 2.00 bits per heavy atom. The zero-order valence-electron chi connectivity index (χ0n) is 13.0. The fourth-order valence-electron chi connectivity index (χ4n) is 2.18. The zero-order valence-corrected chi connectivity index (χ0v) is 14.6. The number of amides is 1. The largest absolute Gasteiger partial charge is 0.352 e. The number of carbonyl (C=O) groups is 1. The smallest absolute Gasteiger partial charge is 0.251 e.